The van der Waals surface area contributed by atoms with Gasteiger partial charge in [-0.25, -0.2) is 4.39 Å². The van der Waals surface area contributed by atoms with Crippen LogP contribution in [0.2, 0.25) is 0 Å². The van der Waals surface area contributed by atoms with Gasteiger partial charge in [0.1, 0.15) is 17.5 Å². The minimum atomic E-state index is -4.40. The van der Waals surface area contributed by atoms with Crippen LogP contribution in [-0.2, 0) is 12.6 Å². The number of amidine groups is 1. The number of fused-ring (bicyclic) bond motifs is 1. The topological polar surface area (TPSA) is 65.9 Å². The third-order valence-electron chi connectivity index (χ3n) is 7.27. The molecular weight excluding hydrogens is 536 g/mol. The summed E-state index contributed by atoms with van der Waals surface area (Å²) in [6.45, 7) is 6.52. The quantitative estimate of drug-likeness (QED) is 0.358. The molecule has 7 nitrogen and oxygen atoms in total. The van der Waals surface area contributed by atoms with Gasteiger partial charge in [0.15, 0.2) is 11.6 Å². The molecule has 0 spiro atoms. The number of rotatable bonds is 5. The van der Waals surface area contributed by atoms with Crippen molar-refractivity contribution in [1.82, 2.24) is 9.97 Å². The molecule has 0 radical (unpaired) electrons. The standard InChI is InChI=1S/C30H28F4N6O/c1-18-12-20-6-7-24(28(31)23(20)13-18)41-29-37-26(36-25-14-19(2)17-35-25)16-27(38-29)40-10-8-39(9-11-40)22-5-3-4-21(15-22)30(32,33)34/h3-7,13-16H,8-12,17H2,1-2H3,(H,35,36,37,38). The lowest BCUT2D eigenvalue weighted by Gasteiger charge is -2.37. The lowest BCUT2D eigenvalue weighted by atomic mass is 10.1. The van der Waals surface area contributed by atoms with Crippen LogP contribution in [-0.4, -0.2) is 48.5 Å². The van der Waals surface area contributed by atoms with Crippen LogP contribution in [0.15, 0.2) is 64.7 Å². The summed E-state index contributed by atoms with van der Waals surface area (Å²) in [5.74, 6) is 1.21. The monoisotopic (exact) mass is 564 g/mol. The molecule has 41 heavy (non-hydrogen) atoms. The Kier molecular flexibility index (Phi) is 6.88. The van der Waals surface area contributed by atoms with Gasteiger partial charge in [0.25, 0.3) is 0 Å². The van der Waals surface area contributed by atoms with Crippen molar-refractivity contribution in [3.63, 3.8) is 0 Å². The summed E-state index contributed by atoms with van der Waals surface area (Å²) < 4.78 is 60.9. The van der Waals surface area contributed by atoms with Crippen LogP contribution >= 0.6 is 0 Å². The molecule has 1 fully saturated rings. The van der Waals surface area contributed by atoms with Gasteiger partial charge in [-0.15, -0.1) is 0 Å². The molecule has 1 aromatic heterocycles. The van der Waals surface area contributed by atoms with Crippen molar-refractivity contribution in [2.45, 2.75) is 26.4 Å². The molecule has 1 N–H and O–H groups in total. The maximum atomic E-state index is 15.3. The van der Waals surface area contributed by atoms with Crippen LogP contribution in [0.1, 0.15) is 30.5 Å². The fraction of sp³-hybridized carbons (Fsp3) is 0.300. The van der Waals surface area contributed by atoms with Gasteiger partial charge in [0.2, 0.25) is 0 Å². The molecular formula is C30H28F4N6O. The maximum Gasteiger partial charge on any atom is 0.416 e. The molecule has 3 heterocycles. The lowest BCUT2D eigenvalue weighted by Crippen LogP contribution is -2.47. The van der Waals surface area contributed by atoms with Crippen LogP contribution in [0.3, 0.4) is 0 Å². The van der Waals surface area contributed by atoms with Gasteiger partial charge in [-0.2, -0.15) is 23.1 Å². The van der Waals surface area contributed by atoms with Crippen molar-refractivity contribution in [2.75, 3.05) is 47.8 Å². The number of alkyl halides is 3. The van der Waals surface area contributed by atoms with Gasteiger partial charge >= 0.3 is 12.2 Å². The van der Waals surface area contributed by atoms with Crippen molar-refractivity contribution in [3.8, 4) is 11.8 Å². The Bertz CT molecular complexity index is 1590. The summed E-state index contributed by atoms with van der Waals surface area (Å²) in [4.78, 5) is 17.4. The molecule has 0 atom stereocenters. The van der Waals surface area contributed by atoms with Crippen molar-refractivity contribution in [1.29, 1.82) is 0 Å². The zero-order valence-corrected chi connectivity index (χ0v) is 22.6. The molecule has 6 rings (SSSR count). The summed E-state index contributed by atoms with van der Waals surface area (Å²) in [6.07, 6.45) is 0.0427. The molecule has 0 bridgehead atoms. The summed E-state index contributed by atoms with van der Waals surface area (Å²) in [5, 5.41) is 3.19. The van der Waals surface area contributed by atoms with E-state index in [9.17, 15) is 13.2 Å². The number of ether oxygens (including phenoxy) is 1. The van der Waals surface area contributed by atoms with E-state index in [0.717, 1.165) is 22.8 Å². The van der Waals surface area contributed by atoms with Crippen LogP contribution < -0.4 is 19.9 Å². The van der Waals surface area contributed by atoms with Gasteiger partial charge < -0.3 is 19.9 Å². The first kappa shape index (κ1) is 26.8. The highest BCUT2D eigenvalue weighted by Crippen LogP contribution is 2.35. The van der Waals surface area contributed by atoms with E-state index >= 15 is 4.39 Å². The molecule has 2 aliphatic heterocycles. The molecule has 1 aliphatic carbocycles. The maximum absolute atomic E-state index is 15.3. The first-order chi connectivity index (χ1) is 19.6. The SMILES string of the molecule is CC1=CC(Nc2cc(N3CCN(c4cccc(C(F)(F)F)c4)CC3)nc(Oc3ccc4c(c3F)C=C(C)C4)n2)=NC1. The van der Waals surface area contributed by atoms with E-state index in [4.69, 9.17) is 4.74 Å². The zero-order valence-electron chi connectivity index (χ0n) is 22.6. The molecule has 2 aromatic carbocycles. The normalized spacial score (nSPS) is 16.8. The van der Waals surface area contributed by atoms with Gasteiger partial charge in [-0.05, 0) is 61.7 Å². The fourth-order valence-corrected chi connectivity index (χ4v) is 5.20. The van der Waals surface area contributed by atoms with Crippen LogP contribution in [0.25, 0.3) is 6.08 Å². The molecule has 11 heteroatoms. The third kappa shape index (κ3) is 5.75. The van der Waals surface area contributed by atoms with E-state index in [0.29, 0.717) is 67.9 Å². The second kappa shape index (κ2) is 10.5. The van der Waals surface area contributed by atoms with E-state index in [1.54, 1.807) is 18.2 Å². The Hall–Kier alpha value is -4.41. The van der Waals surface area contributed by atoms with Crippen molar-refractivity contribution >= 4 is 29.2 Å². The van der Waals surface area contributed by atoms with Crippen molar-refractivity contribution < 1.29 is 22.3 Å². The lowest BCUT2D eigenvalue weighted by molar-refractivity contribution is -0.137. The molecule has 0 unspecified atom stereocenters. The molecule has 212 valence electrons. The number of anilines is 3. The number of allylic oxidation sites excluding steroid dienone is 1. The van der Waals surface area contributed by atoms with E-state index in [1.807, 2.05) is 41.9 Å². The molecule has 3 aromatic rings. The fourth-order valence-electron chi connectivity index (χ4n) is 5.20. The van der Waals surface area contributed by atoms with Gasteiger partial charge in [0.05, 0.1) is 12.1 Å². The smallest absolute Gasteiger partial charge is 0.416 e. The third-order valence-corrected chi connectivity index (χ3v) is 7.27. The highest BCUT2D eigenvalue weighted by Gasteiger charge is 2.31. The number of aliphatic imine (C=N–C) groups is 1. The van der Waals surface area contributed by atoms with Crippen molar-refractivity contribution in [3.05, 3.63) is 82.2 Å². The van der Waals surface area contributed by atoms with Gasteiger partial charge in [0, 0.05) is 43.5 Å². The number of benzene rings is 2. The minimum absolute atomic E-state index is 0.0258. The van der Waals surface area contributed by atoms with E-state index in [1.165, 1.54) is 12.1 Å². The van der Waals surface area contributed by atoms with Gasteiger partial charge in [-0.3, -0.25) is 4.99 Å². The first-order valence-electron chi connectivity index (χ1n) is 13.3. The zero-order chi connectivity index (χ0) is 28.7. The summed E-state index contributed by atoms with van der Waals surface area (Å²) in [5.41, 5.74) is 3.45. The number of nitrogens with zero attached hydrogens (tertiary/aromatic N) is 5. The Morgan fingerprint density at radius 1 is 0.902 bits per heavy atom. The molecule has 0 amide bonds. The number of nitrogens with one attached hydrogen (secondary N) is 1. The number of hydrogen-bond acceptors (Lipinski definition) is 7. The second-order valence-corrected chi connectivity index (χ2v) is 10.5. The van der Waals surface area contributed by atoms with E-state index in [2.05, 4.69) is 20.3 Å². The predicted octanol–water partition coefficient (Wildman–Crippen LogP) is 6.48. The summed E-state index contributed by atoms with van der Waals surface area (Å²) in [6, 6.07) is 10.5. The minimum Gasteiger partial charge on any atom is -0.421 e. The number of halogens is 4. The molecule has 1 saturated heterocycles. The first-order valence-corrected chi connectivity index (χ1v) is 13.3. The highest BCUT2D eigenvalue weighted by molar-refractivity contribution is 6.05. The Morgan fingerprint density at radius 2 is 1.68 bits per heavy atom. The van der Waals surface area contributed by atoms with Crippen LogP contribution in [0.5, 0.6) is 11.8 Å². The van der Waals surface area contributed by atoms with Crippen LogP contribution in [0, 0.1) is 5.82 Å². The van der Waals surface area contributed by atoms with E-state index < -0.39 is 17.6 Å². The Morgan fingerprint density at radius 3 is 2.41 bits per heavy atom. The number of hydrogen-bond donors (Lipinski definition) is 1. The largest absolute Gasteiger partial charge is 0.421 e. The Balaban J connectivity index is 1.25. The summed E-state index contributed by atoms with van der Waals surface area (Å²) >= 11 is 0. The van der Waals surface area contributed by atoms with Crippen molar-refractivity contribution in [2.24, 2.45) is 4.99 Å². The van der Waals surface area contributed by atoms with Gasteiger partial charge in [-0.1, -0.05) is 23.8 Å². The van der Waals surface area contributed by atoms with E-state index in [-0.39, 0.29) is 11.8 Å². The molecule has 3 aliphatic rings. The molecule has 0 saturated carbocycles. The second-order valence-electron chi connectivity index (χ2n) is 10.5. The predicted molar refractivity (Wildman–Crippen MR) is 151 cm³/mol. The van der Waals surface area contributed by atoms with Crippen LogP contribution in [0.4, 0.5) is 34.9 Å². The highest BCUT2D eigenvalue weighted by atomic mass is 19.4. The Labute approximate surface area is 234 Å². The summed E-state index contributed by atoms with van der Waals surface area (Å²) in [7, 11) is 0. The average molecular weight is 565 g/mol. The number of aromatic nitrogens is 2. The number of piperazine rings is 1. The average Bonchev–Trinajstić information content (AvgIpc) is 3.54.